The van der Waals surface area contributed by atoms with E-state index >= 15 is 0 Å². The maximum Gasteiger partial charge on any atom is 0.407 e. The Morgan fingerprint density at radius 1 is 1.13 bits per heavy atom. The lowest BCUT2D eigenvalue weighted by Crippen LogP contribution is -2.45. The average Bonchev–Trinajstić information content (AvgIpc) is 3.28. The highest BCUT2D eigenvalue weighted by molar-refractivity contribution is 7.09. The van der Waals surface area contributed by atoms with Gasteiger partial charge in [0, 0.05) is 17.0 Å². The summed E-state index contributed by atoms with van der Waals surface area (Å²) in [5, 5.41) is 14.4. The smallest absolute Gasteiger partial charge is 0.407 e. The van der Waals surface area contributed by atoms with Crippen molar-refractivity contribution < 1.29 is 19.4 Å². The van der Waals surface area contributed by atoms with Crippen molar-refractivity contribution in [3.8, 4) is 11.1 Å². The van der Waals surface area contributed by atoms with Crippen LogP contribution < -0.4 is 5.32 Å². The van der Waals surface area contributed by atoms with Crippen LogP contribution in [0.5, 0.6) is 0 Å². The zero-order valence-electron chi connectivity index (χ0n) is 16.7. The van der Waals surface area contributed by atoms with Crippen LogP contribution in [0.1, 0.15) is 41.1 Å². The zero-order valence-corrected chi connectivity index (χ0v) is 17.5. The molecule has 0 bridgehead atoms. The summed E-state index contributed by atoms with van der Waals surface area (Å²) in [7, 11) is 0. The van der Waals surface area contributed by atoms with Gasteiger partial charge in [-0.2, -0.15) is 0 Å². The van der Waals surface area contributed by atoms with E-state index in [2.05, 4.69) is 22.4 Å². The Morgan fingerprint density at radius 2 is 1.73 bits per heavy atom. The summed E-state index contributed by atoms with van der Waals surface area (Å²) >= 11 is 1.32. The van der Waals surface area contributed by atoms with Crippen LogP contribution in [0.2, 0.25) is 0 Å². The maximum atomic E-state index is 12.7. The molecule has 3 aromatic rings. The van der Waals surface area contributed by atoms with E-state index in [1.165, 1.54) is 11.3 Å². The summed E-state index contributed by atoms with van der Waals surface area (Å²) in [5.74, 6) is -1.08. The molecule has 1 heterocycles. The Labute approximate surface area is 178 Å². The van der Waals surface area contributed by atoms with Gasteiger partial charge in [-0.3, -0.25) is 4.79 Å². The normalized spacial score (nSPS) is 14.5. The van der Waals surface area contributed by atoms with Crippen LogP contribution in [0.25, 0.3) is 11.1 Å². The summed E-state index contributed by atoms with van der Waals surface area (Å²) in [6, 6.07) is 16.2. The Kier molecular flexibility index (Phi) is 5.30. The number of nitrogens with one attached hydrogen (secondary N) is 1. The van der Waals surface area contributed by atoms with Gasteiger partial charge in [0.05, 0.1) is 6.42 Å². The van der Waals surface area contributed by atoms with E-state index in [4.69, 9.17) is 4.74 Å². The maximum absolute atomic E-state index is 12.7. The van der Waals surface area contributed by atoms with E-state index in [-0.39, 0.29) is 18.9 Å². The molecule has 154 valence electrons. The minimum Gasteiger partial charge on any atom is -0.481 e. The molecule has 1 aromatic heterocycles. The first kappa shape index (κ1) is 20.1. The lowest BCUT2D eigenvalue weighted by atomic mass is 9.98. The van der Waals surface area contributed by atoms with Gasteiger partial charge in [0.1, 0.15) is 17.2 Å². The van der Waals surface area contributed by atoms with Gasteiger partial charge in [0.2, 0.25) is 0 Å². The number of amides is 1. The van der Waals surface area contributed by atoms with E-state index in [0.29, 0.717) is 5.01 Å². The second-order valence-electron chi connectivity index (χ2n) is 7.65. The van der Waals surface area contributed by atoms with Crippen LogP contribution in [0.3, 0.4) is 0 Å². The van der Waals surface area contributed by atoms with E-state index < -0.39 is 17.6 Å². The monoisotopic (exact) mass is 422 g/mol. The second kappa shape index (κ2) is 7.91. The Balaban J connectivity index is 1.51. The number of fused-ring (bicyclic) bond motifs is 3. The molecule has 1 aliphatic rings. The van der Waals surface area contributed by atoms with E-state index in [9.17, 15) is 14.7 Å². The average molecular weight is 423 g/mol. The molecule has 0 spiro atoms. The largest absolute Gasteiger partial charge is 0.481 e. The zero-order chi connectivity index (χ0) is 21.3. The topological polar surface area (TPSA) is 88.5 Å². The molecule has 30 heavy (non-hydrogen) atoms. The van der Waals surface area contributed by atoms with Gasteiger partial charge < -0.3 is 15.2 Å². The minimum absolute atomic E-state index is 0.0593. The summed E-state index contributed by atoms with van der Waals surface area (Å²) in [6.45, 7) is 3.65. The van der Waals surface area contributed by atoms with Gasteiger partial charge in [-0.1, -0.05) is 48.5 Å². The van der Waals surface area contributed by atoms with Crippen molar-refractivity contribution in [1.29, 1.82) is 0 Å². The van der Waals surface area contributed by atoms with Crippen LogP contribution in [0.4, 0.5) is 4.79 Å². The van der Waals surface area contributed by atoms with Crippen molar-refractivity contribution in [3.63, 3.8) is 0 Å². The number of benzene rings is 2. The number of carboxylic acid groups (broad SMARTS) is 1. The third-order valence-corrected chi connectivity index (χ3v) is 6.54. The predicted octanol–water partition coefficient (Wildman–Crippen LogP) is 4.68. The van der Waals surface area contributed by atoms with Crippen LogP contribution in [-0.4, -0.2) is 28.8 Å². The van der Waals surface area contributed by atoms with Gasteiger partial charge in [0.25, 0.3) is 0 Å². The molecule has 6 nitrogen and oxygen atoms in total. The molecule has 1 atom stereocenters. The molecule has 2 aromatic carbocycles. The first-order valence-electron chi connectivity index (χ1n) is 9.65. The van der Waals surface area contributed by atoms with Crippen LogP contribution in [-0.2, 0) is 15.1 Å². The molecule has 2 N–H and O–H groups in total. The third kappa shape index (κ3) is 3.80. The number of carbonyl (C=O) groups is 2. The molecule has 1 amide bonds. The number of alkyl carbamates (subject to hydrolysis) is 1. The fourth-order valence-corrected chi connectivity index (χ4v) is 4.86. The lowest BCUT2D eigenvalue weighted by molar-refractivity contribution is -0.138. The molecule has 4 rings (SSSR count). The van der Waals surface area contributed by atoms with Crippen molar-refractivity contribution in [1.82, 2.24) is 10.3 Å². The standard InChI is InChI=1S/C23H22N2O4S/c1-14-13-30-21(24-14)23(2,11-20(26)27)25-22(28)29-12-19-17-9-5-3-7-15(17)16-8-4-6-10-18(16)19/h3-10,13,19H,11-12H2,1-2H3,(H,25,28)(H,26,27). The number of aromatic nitrogens is 1. The number of rotatable bonds is 6. The highest BCUT2D eigenvalue weighted by Crippen LogP contribution is 2.44. The van der Waals surface area contributed by atoms with Crippen molar-refractivity contribution >= 4 is 23.4 Å². The molecule has 0 fully saturated rings. The fraction of sp³-hybridized carbons (Fsp3) is 0.261. The summed E-state index contributed by atoms with van der Waals surface area (Å²) in [5.41, 5.74) is 4.17. The molecular formula is C23H22N2O4S. The molecule has 7 heteroatoms. The fourth-order valence-electron chi connectivity index (χ4n) is 3.94. The number of thiazole rings is 1. The number of nitrogens with zero attached hydrogens (tertiary/aromatic N) is 1. The SMILES string of the molecule is Cc1csc(C(C)(CC(=O)O)NC(=O)OCC2c3ccccc3-c3ccccc32)n1. The van der Waals surface area contributed by atoms with Crippen LogP contribution >= 0.6 is 11.3 Å². The van der Waals surface area contributed by atoms with E-state index in [0.717, 1.165) is 27.9 Å². The summed E-state index contributed by atoms with van der Waals surface area (Å²) in [6.07, 6.45) is -0.946. The summed E-state index contributed by atoms with van der Waals surface area (Å²) in [4.78, 5) is 28.4. The highest BCUT2D eigenvalue weighted by atomic mass is 32.1. The molecule has 0 saturated heterocycles. The number of aliphatic carboxylic acids is 1. The van der Waals surface area contributed by atoms with E-state index in [1.54, 1.807) is 6.92 Å². The van der Waals surface area contributed by atoms with Crippen molar-refractivity contribution in [2.24, 2.45) is 0 Å². The number of hydrogen-bond donors (Lipinski definition) is 2. The number of aryl methyl sites for hydroxylation is 1. The third-order valence-electron chi connectivity index (χ3n) is 5.32. The highest BCUT2D eigenvalue weighted by Gasteiger charge is 2.36. The predicted molar refractivity (Wildman–Crippen MR) is 115 cm³/mol. The number of carbonyl (C=O) groups excluding carboxylic acids is 1. The first-order chi connectivity index (χ1) is 14.4. The van der Waals surface area contributed by atoms with Crippen LogP contribution in [0.15, 0.2) is 53.9 Å². The molecular weight excluding hydrogens is 400 g/mol. The Bertz CT molecular complexity index is 1060. The molecule has 1 aliphatic carbocycles. The van der Waals surface area contributed by atoms with Crippen LogP contribution in [0, 0.1) is 6.92 Å². The van der Waals surface area contributed by atoms with Gasteiger partial charge in [-0.05, 0) is 36.1 Å². The number of hydrogen-bond acceptors (Lipinski definition) is 5. The first-order valence-corrected chi connectivity index (χ1v) is 10.5. The molecule has 0 aliphatic heterocycles. The van der Waals surface area contributed by atoms with Crippen molar-refractivity contribution in [2.75, 3.05) is 6.61 Å². The van der Waals surface area contributed by atoms with Gasteiger partial charge in [0.15, 0.2) is 0 Å². The Morgan fingerprint density at radius 3 is 2.27 bits per heavy atom. The summed E-state index contributed by atoms with van der Waals surface area (Å²) < 4.78 is 5.58. The van der Waals surface area contributed by atoms with Gasteiger partial charge in [-0.15, -0.1) is 11.3 Å². The Hall–Kier alpha value is -3.19. The van der Waals surface area contributed by atoms with Gasteiger partial charge >= 0.3 is 12.1 Å². The molecule has 0 saturated carbocycles. The van der Waals surface area contributed by atoms with E-state index in [1.807, 2.05) is 48.7 Å². The minimum atomic E-state index is -1.15. The number of ether oxygens (including phenoxy) is 1. The van der Waals surface area contributed by atoms with Gasteiger partial charge in [-0.25, -0.2) is 9.78 Å². The van der Waals surface area contributed by atoms with Crippen molar-refractivity contribution in [2.45, 2.75) is 31.7 Å². The number of carboxylic acids is 1. The molecule has 1 unspecified atom stereocenters. The molecule has 0 radical (unpaired) electrons. The lowest BCUT2D eigenvalue weighted by Gasteiger charge is -2.27. The van der Waals surface area contributed by atoms with Crippen molar-refractivity contribution in [3.05, 3.63) is 75.7 Å². The second-order valence-corrected chi connectivity index (χ2v) is 8.51. The quantitative estimate of drug-likeness (QED) is 0.602.